The van der Waals surface area contributed by atoms with Gasteiger partial charge in [0, 0.05) is 4.88 Å². The molecule has 96 valence electrons. The average molecular weight is 279 g/mol. The lowest BCUT2D eigenvalue weighted by atomic mass is 10.2. The number of thiazole rings is 1. The molecule has 0 aliphatic heterocycles. The second-order valence-electron chi connectivity index (χ2n) is 3.43. The van der Waals surface area contributed by atoms with Crippen molar-refractivity contribution in [2.45, 2.75) is 26.3 Å². The van der Waals surface area contributed by atoms with Gasteiger partial charge in [-0.1, -0.05) is 0 Å². The molecule has 1 atom stereocenters. The first-order valence-electron chi connectivity index (χ1n) is 4.69. The van der Waals surface area contributed by atoms with Gasteiger partial charge in [0.2, 0.25) is 11.8 Å². The van der Waals surface area contributed by atoms with Crippen molar-refractivity contribution < 1.29 is 9.59 Å². The molecule has 0 fully saturated rings. The van der Waals surface area contributed by atoms with Gasteiger partial charge in [-0.05, 0) is 13.8 Å². The Morgan fingerprint density at radius 2 is 2.06 bits per heavy atom. The molecule has 1 heterocycles. The van der Waals surface area contributed by atoms with E-state index in [2.05, 4.69) is 10.3 Å². The van der Waals surface area contributed by atoms with Crippen LogP contribution in [0, 0.1) is 13.8 Å². The van der Waals surface area contributed by atoms with Crippen molar-refractivity contribution in [1.29, 1.82) is 0 Å². The van der Waals surface area contributed by atoms with Crippen molar-refractivity contribution in [1.82, 2.24) is 4.98 Å². The fourth-order valence-electron chi connectivity index (χ4n) is 1.03. The molecule has 0 aliphatic carbocycles. The minimum atomic E-state index is -0.929. The first-order valence-corrected chi connectivity index (χ1v) is 5.50. The maximum absolute atomic E-state index is 11.5. The van der Waals surface area contributed by atoms with E-state index in [1.54, 1.807) is 0 Å². The summed E-state index contributed by atoms with van der Waals surface area (Å²) in [6, 6.07) is -0.929. The van der Waals surface area contributed by atoms with Gasteiger partial charge in [0.1, 0.15) is 0 Å². The lowest BCUT2D eigenvalue weighted by Crippen LogP contribution is -2.38. The summed E-state index contributed by atoms with van der Waals surface area (Å²) in [5, 5.41) is 3.03. The van der Waals surface area contributed by atoms with E-state index in [4.69, 9.17) is 11.5 Å². The van der Waals surface area contributed by atoms with Crippen LogP contribution in [0.1, 0.15) is 17.0 Å². The quantitative estimate of drug-likeness (QED) is 0.736. The molecule has 8 heteroatoms. The van der Waals surface area contributed by atoms with Crippen LogP contribution in [0.4, 0.5) is 5.13 Å². The van der Waals surface area contributed by atoms with Crippen molar-refractivity contribution in [2.24, 2.45) is 11.5 Å². The standard InChI is InChI=1S/C9H14N4O2S.ClH/c1-4-5(2)16-9(12-4)13-8(15)6(10)3-7(11)14;/h6H,3,10H2,1-2H3,(H2,11,14)(H,12,13,15);1H. The highest BCUT2D eigenvalue weighted by molar-refractivity contribution is 7.15. The molecule has 6 nitrogen and oxygen atoms in total. The van der Waals surface area contributed by atoms with Gasteiger partial charge in [-0.2, -0.15) is 0 Å². The number of nitrogens with two attached hydrogens (primary N) is 2. The number of aryl methyl sites for hydroxylation is 2. The Balaban J connectivity index is 0.00000256. The van der Waals surface area contributed by atoms with Gasteiger partial charge in [0.05, 0.1) is 18.2 Å². The van der Waals surface area contributed by atoms with E-state index in [-0.39, 0.29) is 18.8 Å². The van der Waals surface area contributed by atoms with Gasteiger partial charge in [-0.15, -0.1) is 23.7 Å². The number of nitrogens with zero attached hydrogens (tertiary/aromatic N) is 1. The third kappa shape index (κ3) is 4.68. The first kappa shape index (κ1) is 15.8. The van der Waals surface area contributed by atoms with Crippen LogP contribution in [0.5, 0.6) is 0 Å². The van der Waals surface area contributed by atoms with Gasteiger partial charge in [-0.3, -0.25) is 9.59 Å². The van der Waals surface area contributed by atoms with Crippen LogP contribution in [0.3, 0.4) is 0 Å². The fraction of sp³-hybridized carbons (Fsp3) is 0.444. The molecule has 5 N–H and O–H groups in total. The number of primary amides is 1. The van der Waals surface area contributed by atoms with E-state index in [0.717, 1.165) is 10.6 Å². The Labute approximate surface area is 109 Å². The number of amides is 2. The normalized spacial score (nSPS) is 11.5. The molecule has 0 aromatic carbocycles. The molecular formula is C9H15ClN4O2S. The summed E-state index contributed by atoms with van der Waals surface area (Å²) in [7, 11) is 0. The molecule has 0 radical (unpaired) electrons. The lowest BCUT2D eigenvalue weighted by molar-refractivity contribution is -0.123. The van der Waals surface area contributed by atoms with Crippen molar-refractivity contribution in [2.75, 3.05) is 5.32 Å². The van der Waals surface area contributed by atoms with Gasteiger partial charge in [-0.25, -0.2) is 4.98 Å². The van der Waals surface area contributed by atoms with E-state index in [1.807, 2.05) is 13.8 Å². The van der Waals surface area contributed by atoms with Crippen molar-refractivity contribution in [3.8, 4) is 0 Å². The minimum absolute atomic E-state index is 0. The van der Waals surface area contributed by atoms with Crippen LogP contribution >= 0.6 is 23.7 Å². The molecule has 0 saturated heterocycles. The van der Waals surface area contributed by atoms with E-state index in [0.29, 0.717) is 5.13 Å². The predicted octanol–water partition coefficient (Wildman–Crippen LogP) is 0.323. The Kier molecular flexibility index (Phi) is 6.08. The van der Waals surface area contributed by atoms with Gasteiger partial charge in [0.25, 0.3) is 0 Å². The molecule has 1 aromatic rings. The number of carbonyl (C=O) groups excluding carboxylic acids is 2. The monoisotopic (exact) mass is 278 g/mol. The topological polar surface area (TPSA) is 111 Å². The van der Waals surface area contributed by atoms with E-state index in [1.165, 1.54) is 11.3 Å². The molecule has 0 saturated carbocycles. The summed E-state index contributed by atoms with van der Waals surface area (Å²) in [5.74, 6) is -1.05. The Hall–Kier alpha value is -1.18. The zero-order valence-electron chi connectivity index (χ0n) is 9.52. The summed E-state index contributed by atoms with van der Waals surface area (Å²) in [4.78, 5) is 27.2. The average Bonchev–Trinajstić information content (AvgIpc) is 2.44. The van der Waals surface area contributed by atoms with E-state index < -0.39 is 17.9 Å². The number of halogens is 1. The molecule has 1 rings (SSSR count). The number of hydrogen-bond donors (Lipinski definition) is 3. The summed E-state index contributed by atoms with van der Waals surface area (Å²) < 4.78 is 0. The third-order valence-electron chi connectivity index (χ3n) is 2.02. The summed E-state index contributed by atoms with van der Waals surface area (Å²) in [6.45, 7) is 3.76. The number of rotatable bonds is 4. The minimum Gasteiger partial charge on any atom is -0.370 e. The van der Waals surface area contributed by atoms with Crippen molar-refractivity contribution >= 4 is 40.7 Å². The second kappa shape index (κ2) is 6.53. The highest BCUT2D eigenvalue weighted by Gasteiger charge is 2.17. The third-order valence-corrected chi connectivity index (χ3v) is 3.00. The zero-order chi connectivity index (χ0) is 12.3. The van der Waals surface area contributed by atoms with E-state index in [9.17, 15) is 9.59 Å². The van der Waals surface area contributed by atoms with Crippen LogP contribution in [0.25, 0.3) is 0 Å². The lowest BCUT2D eigenvalue weighted by Gasteiger charge is -2.07. The Morgan fingerprint density at radius 3 is 2.47 bits per heavy atom. The molecular weight excluding hydrogens is 264 g/mol. The van der Waals surface area contributed by atoms with Crippen LogP contribution in [-0.4, -0.2) is 22.8 Å². The summed E-state index contributed by atoms with van der Waals surface area (Å²) >= 11 is 1.36. The van der Waals surface area contributed by atoms with Gasteiger partial charge in [0.15, 0.2) is 5.13 Å². The molecule has 1 aromatic heterocycles. The number of hydrogen-bond acceptors (Lipinski definition) is 5. The summed E-state index contributed by atoms with van der Waals surface area (Å²) in [5.41, 5.74) is 11.3. The van der Waals surface area contributed by atoms with Gasteiger partial charge < -0.3 is 16.8 Å². The molecule has 1 unspecified atom stereocenters. The number of carbonyl (C=O) groups is 2. The van der Waals surface area contributed by atoms with Crippen LogP contribution in [0.2, 0.25) is 0 Å². The summed E-state index contributed by atoms with van der Waals surface area (Å²) in [6.07, 6.45) is -0.171. The Morgan fingerprint density at radius 1 is 1.47 bits per heavy atom. The van der Waals surface area contributed by atoms with Crippen LogP contribution in [-0.2, 0) is 9.59 Å². The predicted molar refractivity (Wildman–Crippen MR) is 69.3 cm³/mol. The van der Waals surface area contributed by atoms with E-state index >= 15 is 0 Å². The van der Waals surface area contributed by atoms with Crippen LogP contribution < -0.4 is 16.8 Å². The first-order chi connectivity index (χ1) is 7.40. The highest BCUT2D eigenvalue weighted by atomic mass is 35.5. The maximum Gasteiger partial charge on any atom is 0.243 e. The largest absolute Gasteiger partial charge is 0.370 e. The highest BCUT2D eigenvalue weighted by Crippen LogP contribution is 2.21. The smallest absolute Gasteiger partial charge is 0.243 e. The number of anilines is 1. The second-order valence-corrected chi connectivity index (χ2v) is 4.63. The molecule has 2 amide bonds. The molecule has 0 spiro atoms. The molecule has 17 heavy (non-hydrogen) atoms. The molecule has 0 bridgehead atoms. The van der Waals surface area contributed by atoms with Crippen LogP contribution in [0.15, 0.2) is 0 Å². The zero-order valence-corrected chi connectivity index (χ0v) is 11.2. The van der Waals surface area contributed by atoms with Crippen molar-refractivity contribution in [3.05, 3.63) is 10.6 Å². The SMILES string of the molecule is Cc1nc(NC(=O)C(N)CC(N)=O)sc1C.Cl. The maximum atomic E-state index is 11.5. The van der Waals surface area contributed by atoms with Crippen molar-refractivity contribution in [3.63, 3.8) is 0 Å². The fourth-order valence-corrected chi connectivity index (χ4v) is 1.85. The molecule has 0 aliphatic rings. The number of nitrogens with one attached hydrogen (secondary N) is 1. The van der Waals surface area contributed by atoms with Gasteiger partial charge >= 0.3 is 0 Å². The number of aromatic nitrogens is 1. The Bertz CT molecular complexity index is 402.